The van der Waals surface area contributed by atoms with Crippen LogP contribution in [0.15, 0.2) is 12.1 Å². The van der Waals surface area contributed by atoms with Crippen LogP contribution in [0.4, 0.5) is 10.1 Å². The molecule has 2 heterocycles. The topological polar surface area (TPSA) is 78.9 Å². The molecular formula is C16H19FN2O4. The maximum atomic E-state index is 14.3. The van der Waals surface area contributed by atoms with Crippen LogP contribution in [0.3, 0.4) is 0 Å². The SMILES string of the molecule is CO[C@@H]1C[C@@H](CO)N(C(=O)c2cc3c(cc2F)NC(=O)CC3)C1. The van der Waals surface area contributed by atoms with E-state index in [1.54, 1.807) is 7.11 Å². The molecule has 0 aliphatic carbocycles. The molecule has 0 bridgehead atoms. The molecule has 124 valence electrons. The predicted molar refractivity (Wildman–Crippen MR) is 80.7 cm³/mol. The lowest BCUT2D eigenvalue weighted by Gasteiger charge is -2.24. The Bertz CT molecular complexity index is 649. The highest BCUT2D eigenvalue weighted by molar-refractivity contribution is 5.98. The van der Waals surface area contributed by atoms with Crippen LogP contribution in [0.25, 0.3) is 0 Å². The molecule has 23 heavy (non-hydrogen) atoms. The summed E-state index contributed by atoms with van der Waals surface area (Å²) in [5.41, 5.74) is 1.14. The van der Waals surface area contributed by atoms with E-state index in [9.17, 15) is 19.1 Å². The standard InChI is InChI=1S/C16H19FN2O4/c1-23-11-5-10(8-20)19(7-11)16(22)12-4-9-2-3-15(21)18-14(9)6-13(12)17/h4,6,10-11,20H,2-3,5,7-8H2,1H3,(H,18,21)/t10-,11+/m0/s1. The summed E-state index contributed by atoms with van der Waals surface area (Å²) in [4.78, 5) is 25.5. The van der Waals surface area contributed by atoms with E-state index in [-0.39, 0.29) is 30.2 Å². The Balaban J connectivity index is 1.89. The summed E-state index contributed by atoms with van der Waals surface area (Å²) in [6.45, 7) is 0.141. The molecule has 6 nitrogen and oxygen atoms in total. The van der Waals surface area contributed by atoms with E-state index in [0.29, 0.717) is 31.5 Å². The predicted octanol–water partition coefficient (Wildman–Crippen LogP) is 0.932. The number of anilines is 1. The van der Waals surface area contributed by atoms with E-state index in [4.69, 9.17) is 4.74 Å². The van der Waals surface area contributed by atoms with E-state index in [0.717, 1.165) is 5.56 Å². The van der Waals surface area contributed by atoms with Gasteiger partial charge in [-0.05, 0) is 30.5 Å². The second-order valence-corrected chi connectivity index (χ2v) is 5.92. The van der Waals surface area contributed by atoms with Gasteiger partial charge in [-0.3, -0.25) is 9.59 Å². The lowest BCUT2D eigenvalue weighted by Crippen LogP contribution is -2.38. The van der Waals surface area contributed by atoms with Crippen LogP contribution in [0.1, 0.15) is 28.8 Å². The normalized spacial score (nSPS) is 23.6. The smallest absolute Gasteiger partial charge is 0.257 e. The molecule has 1 fully saturated rings. The van der Waals surface area contributed by atoms with Crippen molar-refractivity contribution in [3.63, 3.8) is 0 Å². The Morgan fingerprint density at radius 3 is 2.96 bits per heavy atom. The van der Waals surface area contributed by atoms with Crippen LogP contribution in [0.2, 0.25) is 0 Å². The van der Waals surface area contributed by atoms with Crippen molar-refractivity contribution in [2.45, 2.75) is 31.4 Å². The zero-order valence-electron chi connectivity index (χ0n) is 12.8. The third-order valence-electron chi connectivity index (χ3n) is 4.50. The number of halogens is 1. The van der Waals surface area contributed by atoms with E-state index in [2.05, 4.69) is 5.32 Å². The van der Waals surface area contributed by atoms with E-state index < -0.39 is 11.7 Å². The molecule has 0 spiro atoms. The fraction of sp³-hybridized carbons (Fsp3) is 0.500. The summed E-state index contributed by atoms with van der Waals surface area (Å²) >= 11 is 0. The van der Waals surface area contributed by atoms with Gasteiger partial charge in [0.2, 0.25) is 5.91 Å². The molecule has 0 radical (unpaired) electrons. The lowest BCUT2D eigenvalue weighted by molar-refractivity contribution is -0.116. The van der Waals surface area contributed by atoms with Gasteiger partial charge in [0.15, 0.2) is 0 Å². The highest BCUT2D eigenvalue weighted by Gasteiger charge is 2.36. The van der Waals surface area contributed by atoms with Crippen molar-refractivity contribution in [3.8, 4) is 0 Å². The van der Waals surface area contributed by atoms with E-state index >= 15 is 0 Å². The minimum Gasteiger partial charge on any atom is -0.394 e. The molecule has 2 amide bonds. The van der Waals surface area contributed by atoms with Crippen LogP contribution < -0.4 is 5.32 Å². The lowest BCUT2D eigenvalue weighted by atomic mass is 9.99. The second kappa shape index (κ2) is 6.25. The van der Waals surface area contributed by atoms with Crippen LogP contribution >= 0.6 is 0 Å². The first-order valence-corrected chi connectivity index (χ1v) is 7.60. The minimum absolute atomic E-state index is 0.0323. The minimum atomic E-state index is -0.673. The van der Waals surface area contributed by atoms with Crippen molar-refractivity contribution in [1.82, 2.24) is 4.90 Å². The molecule has 1 saturated heterocycles. The van der Waals surface area contributed by atoms with Gasteiger partial charge in [0.25, 0.3) is 5.91 Å². The number of fused-ring (bicyclic) bond motifs is 1. The molecule has 7 heteroatoms. The highest BCUT2D eigenvalue weighted by Crippen LogP contribution is 2.28. The molecule has 2 N–H and O–H groups in total. The number of carbonyl (C=O) groups excluding carboxylic acids is 2. The molecular weight excluding hydrogens is 303 g/mol. The van der Waals surface area contributed by atoms with Gasteiger partial charge in [-0.2, -0.15) is 0 Å². The third-order valence-corrected chi connectivity index (χ3v) is 4.50. The van der Waals surface area contributed by atoms with Crippen molar-refractivity contribution >= 4 is 17.5 Å². The number of aryl methyl sites for hydroxylation is 1. The quantitative estimate of drug-likeness (QED) is 0.868. The average Bonchev–Trinajstić information content (AvgIpc) is 2.97. The maximum Gasteiger partial charge on any atom is 0.257 e. The van der Waals surface area contributed by atoms with Gasteiger partial charge in [-0.15, -0.1) is 0 Å². The van der Waals surface area contributed by atoms with Crippen molar-refractivity contribution in [2.24, 2.45) is 0 Å². The van der Waals surface area contributed by atoms with Crippen LogP contribution in [0, 0.1) is 5.82 Å². The monoisotopic (exact) mass is 322 g/mol. The third kappa shape index (κ3) is 2.94. The Kier molecular flexibility index (Phi) is 4.32. The van der Waals surface area contributed by atoms with Gasteiger partial charge in [-0.1, -0.05) is 0 Å². The van der Waals surface area contributed by atoms with Crippen molar-refractivity contribution in [3.05, 3.63) is 29.1 Å². The second-order valence-electron chi connectivity index (χ2n) is 5.92. The number of hydrogen-bond donors (Lipinski definition) is 2. The van der Waals surface area contributed by atoms with Crippen LogP contribution in [0.5, 0.6) is 0 Å². The van der Waals surface area contributed by atoms with Crippen molar-refractivity contribution in [1.29, 1.82) is 0 Å². The zero-order valence-corrected chi connectivity index (χ0v) is 12.8. The number of amides is 2. The molecule has 1 aromatic rings. The van der Waals surface area contributed by atoms with E-state index in [1.165, 1.54) is 17.0 Å². The molecule has 2 aliphatic rings. The Labute approximate surface area is 133 Å². The van der Waals surface area contributed by atoms with Gasteiger partial charge >= 0.3 is 0 Å². The number of carbonyl (C=O) groups is 2. The average molecular weight is 322 g/mol. The van der Waals surface area contributed by atoms with Gasteiger partial charge in [-0.25, -0.2) is 4.39 Å². The van der Waals surface area contributed by atoms with Crippen LogP contribution in [-0.4, -0.2) is 54.2 Å². The molecule has 2 atom stereocenters. The number of nitrogens with zero attached hydrogens (tertiary/aromatic N) is 1. The Morgan fingerprint density at radius 2 is 2.26 bits per heavy atom. The largest absolute Gasteiger partial charge is 0.394 e. The number of methoxy groups -OCH3 is 1. The Morgan fingerprint density at radius 1 is 1.48 bits per heavy atom. The summed E-state index contributed by atoms with van der Waals surface area (Å²) in [5.74, 6) is -1.28. The number of rotatable bonds is 3. The van der Waals surface area contributed by atoms with E-state index in [1.807, 2.05) is 0 Å². The summed E-state index contributed by atoms with van der Waals surface area (Å²) in [7, 11) is 1.55. The van der Waals surface area contributed by atoms with Gasteiger partial charge < -0.3 is 20.1 Å². The number of likely N-dealkylation sites (tertiary alicyclic amines) is 1. The fourth-order valence-electron chi connectivity index (χ4n) is 3.19. The highest BCUT2D eigenvalue weighted by atomic mass is 19.1. The Hall–Kier alpha value is -1.99. The molecule has 2 aliphatic heterocycles. The van der Waals surface area contributed by atoms with Gasteiger partial charge in [0.1, 0.15) is 5.82 Å². The summed E-state index contributed by atoms with van der Waals surface area (Å²) in [6.07, 6.45) is 1.17. The molecule has 1 aromatic carbocycles. The summed E-state index contributed by atoms with van der Waals surface area (Å²) in [5, 5.41) is 12.1. The first kappa shape index (κ1) is 15.9. The number of hydrogen-bond acceptors (Lipinski definition) is 4. The molecule has 0 aromatic heterocycles. The fourth-order valence-corrected chi connectivity index (χ4v) is 3.19. The zero-order chi connectivity index (χ0) is 16.6. The first-order valence-electron chi connectivity index (χ1n) is 7.60. The van der Waals surface area contributed by atoms with Crippen molar-refractivity contribution in [2.75, 3.05) is 25.6 Å². The summed E-state index contributed by atoms with van der Waals surface area (Å²) < 4.78 is 19.6. The number of nitrogens with one attached hydrogen (secondary N) is 1. The van der Waals surface area contributed by atoms with Crippen molar-refractivity contribution < 1.29 is 23.8 Å². The molecule has 0 saturated carbocycles. The maximum absolute atomic E-state index is 14.3. The van der Waals surface area contributed by atoms with Gasteiger partial charge in [0, 0.05) is 25.8 Å². The van der Waals surface area contributed by atoms with Gasteiger partial charge in [0.05, 0.1) is 24.3 Å². The summed E-state index contributed by atoms with van der Waals surface area (Å²) in [6, 6.07) is 2.32. The number of aliphatic hydroxyl groups is 1. The number of aliphatic hydroxyl groups excluding tert-OH is 1. The number of benzene rings is 1. The molecule has 3 rings (SSSR count). The molecule has 0 unspecified atom stereocenters. The number of ether oxygens (including phenoxy) is 1. The van der Waals surface area contributed by atoms with Crippen LogP contribution in [-0.2, 0) is 16.0 Å². The first-order chi connectivity index (χ1) is 11.0.